The summed E-state index contributed by atoms with van der Waals surface area (Å²) in [6, 6.07) is 12.4. The number of alkyl halides is 3. The standard InChI is InChI=1S/C28H29ClF3N3O7S/c1-40-11-12-41-23-9-8-18(25(16-23)42-26-24(29)15-21(17-33-26)28(30,31)32)7-4-10-35(27(36)37)43(38,39)34-22-13-19-5-2-3-6-20(19)14-22/h2-3,5-6,8-9,15-17,22,34H,4,7,10-14H2,1H3,(H,36,37). The van der Waals surface area contributed by atoms with Crippen molar-refractivity contribution in [2.24, 2.45) is 0 Å². The Morgan fingerprint density at radius 3 is 2.44 bits per heavy atom. The molecule has 0 unspecified atom stereocenters. The van der Waals surface area contributed by atoms with E-state index in [9.17, 15) is 31.5 Å². The van der Waals surface area contributed by atoms with Gasteiger partial charge in [0, 0.05) is 32.0 Å². The third kappa shape index (κ3) is 8.50. The van der Waals surface area contributed by atoms with Gasteiger partial charge in [-0.3, -0.25) is 0 Å². The number of nitrogens with zero attached hydrogens (tertiary/aromatic N) is 2. The molecule has 0 saturated carbocycles. The van der Waals surface area contributed by atoms with Gasteiger partial charge in [-0.2, -0.15) is 30.6 Å². The number of methoxy groups -OCH3 is 1. The fourth-order valence-corrected chi connectivity index (χ4v) is 6.07. The minimum atomic E-state index is -4.65. The maximum atomic E-state index is 13.1. The highest BCUT2D eigenvalue weighted by molar-refractivity contribution is 7.87. The van der Waals surface area contributed by atoms with Gasteiger partial charge in [0.15, 0.2) is 0 Å². The minimum absolute atomic E-state index is 0.0620. The van der Waals surface area contributed by atoms with E-state index in [2.05, 4.69) is 9.71 Å². The normalized spacial score (nSPS) is 13.5. The van der Waals surface area contributed by atoms with Crippen LogP contribution in [0, 0.1) is 0 Å². The summed E-state index contributed by atoms with van der Waals surface area (Å²) in [6.45, 7) is 0.138. The number of pyridine rings is 1. The molecular weight excluding hydrogens is 615 g/mol. The van der Waals surface area contributed by atoms with Gasteiger partial charge in [0.25, 0.3) is 0 Å². The van der Waals surface area contributed by atoms with Crippen LogP contribution in [-0.2, 0) is 40.4 Å². The van der Waals surface area contributed by atoms with E-state index in [1.165, 1.54) is 13.2 Å². The summed E-state index contributed by atoms with van der Waals surface area (Å²) < 4.78 is 84.4. The topological polar surface area (TPSA) is 127 Å². The van der Waals surface area contributed by atoms with Crippen LogP contribution < -0.4 is 14.2 Å². The first kappa shape index (κ1) is 32.3. The first-order valence-corrected chi connectivity index (χ1v) is 14.9. The molecule has 2 aromatic carbocycles. The Morgan fingerprint density at radius 2 is 1.84 bits per heavy atom. The zero-order valence-corrected chi connectivity index (χ0v) is 24.5. The first-order valence-electron chi connectivity index (χ1n) is 13.1. The highest BCUT2D eigenvalue weighted by Gasteiger charge is 2.33. The van der Waals surface area contributed by atoms with Crippen LogP contribution in [0.25, 0.3) is 0 Å². The molecule has 1 amide bonds. The molecule has 3 aromatic rings. The van der Waals surface area contributed by atoms with Crippen LogP contribution in [0.1, 0.15) is 28.7 Å². The van der Waals surface area contributed by atoms with Crippen molar-refractivity contribution in [3.05, 3.63) is 82.0 Å². The summed E-state index contributed by atoms with van der Waals surface area (Å²) in [5.41, 5.74) is 1.44. The molecule has 0 radical (unpaired) electrons. The van der Waals surface area contributed by atoms with E-state index < -0.39 is 34.1 Å². The van der Waals surface area contributed by atoms with Crippen LogP contribution >= 0.6 is 11.6 Å². The van der Waals surface area contributed by atoms with Crippen molar-refractivity contribution in [2.75, 3.05) is 26.9 Å². The van der Waals surface area contributed by atoms with Gasteiger partial charge < -0.3 is 19.3 Å². The largest absolute Gasteiger partial charge is 0.491 e. The molecule has 4 rings (SSSR count). The van der Waals surface area contributed by atoms with E-state index in [4.69, 9.17) is 25.8 Å². The lowest BCUT2D eigenvalue weighted by atomic mass is 10.1. The van der Waals surface area contributed by atoms with E-state index in [0.29, 0.717) is 47.3 Å². The molecule has 0 bridgehead atoms. The van der Waals surface area contributed by atoms with Crippen LogP contribution in [0.3, 0.4) is 0 Å². The zero-order chi connectivity index (χ0) is 31.2. The fraction of sp³-hybridized carbons (Fsp3) is 0.357. The molecule has 10 nitrogen and oxygen atoms in total. The van der Waals surface area contributed by atoms with Crippen LogP contribution in [0.2, 0.25) is 5.02 Å². The molecule has 1 aliphatic carbocycles. The Balaban J connectivity index is 1.47. The minimum Gasteiger partial charge on any atom is -0.491 e. The highest BCUT2D eigenvalue weighted by Crippen LogP contribution is 2.36. The smallest absolute Gasteiger partial charge is 0.422 e. The average molecular weight is 644 g/mol. The molecule has 1 aromatic heterocycles. The lowest BCUT2D eigenvalue weighted by Gasteiger charge is -2.22. The molecule has 15 heteroatoms. The van der Waals surface area contributed by atoms with E-state index >= 15 is 0 Å². The highest BCUT2D eigenvalue weighted by atomic mass is 35.5. The second kappa shape index (κ2) is 13.8. The van der Waals surface area contributed by atoms with Crippen molar-refractivity contribution < 1.29 is 45.7 Å². The van der Waals surface area contributed by atoms with E-state index in [0.717, 1.165) is 11.1 Å². The van der Waals surface area contributed by atoms with Crippen molar-refractivity contribution in [1.29, 1.82) is 0 Å². The number of amides is 1. The summed E-state index contributed by atoms with van der Waals surface area (Å²) in [4.78, 5) is 15.7. The second-order valence-corrected chi connectivity index (χ2v) is 11.7. The monoisotopic (exact) mass is 643 g/mol. The number of hydrogen-bond donors (Lipinski definition) is 2. The van der Waals surface area contributed by atoms with Gasteiger partial charge >= 0.3 is 22.5 Å². The molecule has 0 spiro atoms. The summed E-state index contributed by atoms with van der Waals surface area (Å²) in [5, 5.41) is 9.32. The van der Waals surface area contributed by atoms with Crippen LogP contribution in [0.4, 0.5) is 18.0 Å². The van der Waals surface area contributed by atoms with Crippen molar-refractivity contribution >= 4 is 27.9 Å². The van der Waals surface area contributed by atoms with E-state index in [1.54, 1.807) is 12.1 Å². The van der Waals surface area contributed by atoms with Crippen molar-refractivity contribution in [2.45, 2.75) is 37.9 Å². The predicted octanol–water partition coefficient (Wildman–Crippen LogP) is 5.49. The third-order valence-electron chi connectivity index (χ3n) is 6.61. The fourth-order valence-electron chi connectivity index (χ4n) is 4.58. The van der Waals surface area contributed by atoms with Gasteiger partial charge in [-0.05, 0) is 54.5 Å². The Kier molecular flexibility index (Phi) is 10.4. The molecule has 0 fully saturated rings. The maximum Gasteiger partial charge on any atom is 0.422 e. The molecule has 0 saturated heterocycles. The molecule has 0 atom stereocenters. The molecule has 1 heterocycles. The number of rotatable bonds is 13. The zero-order valence-electron chi connectivity index (χ0n) is 22.9. The molecule has 0 aliphatic heterocycles. The number of aryl methyl sites for hydroxylation is 1. The number of aromatic nitrogens is 1. The second-order valence-electron chi connectivity index (χ2n) is 9.68. The van der Waals surface area contributed by atoms with Crippen molar-refractivity contribution in [1.82, 2.24) is 14.0 Å². The quantitative estimate of drug-likeness (QED) is 0.234. The number of carbonyl (C=O) groups is 1. The SMILES string of the molecule is COCCOc1ccc(CCCN(C(=O)O)S(=O)(=O)NC2Cc3ccccc3C2)c(Oc2ncc(C(F)(F)F)cc2Cl)c1. The van der Waals surface area contributed by atoms with Gasteiger partial charge in [0.2, 0.25) is 5.88 Å². The number of fused-ring (bicyclic) bond motifs is 1. The molecule has 232 valence electrons. The van der Waals surface area contributed by atoms with Crippen LogP contribution in [-0.4, -0.2) is 61.8 Å². The van der Waals surface area contributed by atoms with Gasteiger partial charge in [0.1, 0.15) is 23.1 Å². The number of nitrogens with one attached hydrogen (secondary N) is 1. The van der Waals surface area contributed by atoms with Crippen molar-refractivity contribution in [3.63, 3.8) is 0 Å². The van der Waals surface area contributed by atoms with E-state index in [-0.39, 0.29) is 42.6 Å². The third-order valence-corrected chi connectivity index (χ3v) is 8.43. The summed E-state index contributed by atoms with van der Waals surface area (Å²) >= 11 is 6.03. The number of ether oxygens (including phenoxy) is 3. The van der Waals surface area contributed by atoms with Gasteiger partial charge in [-0.1, -0.05) is 41.9 Å². The number of hydrogen-bond acceptors (Lipinski definition) is 7. The number of carboxylic acid groups (broad SMARTS) is 1. The Morgan fingerprint density at radius 1 is 1.14 bits per heavy atom. The summed E-state index contributed by atoms with van der Waals surface area (Å²) in [6.07, 6.45) is -4.60. The van der Waals surface area contributed by atoms with Crippen LogP contribution in [0.15, 0.2) is 54.7 Å². The van der Waals surface area contributed by atoms with Gasteiger partial charge in [-0.15, -0.1) is 0 Å². The summed E-state index contributed by atoms with van der Waals surface area (Å²) in [7, 11) is -2.87. The number of halogens is 4. The molecule has 43 heavy (non-hydrogen) atoms. The molecular formula is C28H29ClF3N3O7S. The lowest BCUT2D eigenvalue weighted by molar-refractivity contribution is -0.137. The molecule has 2 N–H and O–H groups in total. The Labute approximate surface area is 251 Å². The number of benzene rings is 2. The molecule has 1 aliphatic rings. The van der Waals surface area contributed by atoms with Crippen molar-refractivity contribution in [3.8, 4) is 17.4 Å². The van der Waals surface area contributed by atoms with E-state index in [1.807, 2.05) is 24.3 Å². The van der Waals surface area contributed by atoms with Gasteiger partial charge in [0.05, 0.1) is 12.2 Å². The maximum absolute atomic E-state index is 13.1. The first-order chi connectivity index (χ1) is 20.4. The Hall–Kier alpha value is -3.59. The Bertz CT molecular complexity index is 1530. The lowest BCUT2D eigenvalue weighted by Crippen LogP contribution is -2.48. The average Bonchev–Trinajstić information content (AvgIpc) is 3.34. The van der Waals surface area contributed by atoms with Crippen LogP contribution in [0.5, 0.6) is 17.4 Å². The van der Waals surface area contributed by atoms with Gasteiger partial charge in [-0.25, -0.2) is 9.78 Å². The predicted molar refractivity (Wildman–Crippen MR) is 151 cm³/mol. The summed E-state index contributed by atoms with van der Waals surface area (Å²) in [5.74, 6) is 0.201.